The van der Waals surface area contributed by atoms with Crippen molar-refractivity contribution in [1.29, 1.82) is 0 Å². The summed E-state index contributed by atoms with van der Waals surface area (Å²) in [5.41, 5.74) is 8.94. The van der Waals surface area contributed by atoms with E-state index in [0.29, 0.717) is 11.8 Å². The molecule has 0 unspecified atom stereocenters. The van der Waals surface area contributed by atoms with Crippen LogP contribution in [0, 0.1) is 31.2 Å². The van der Waals surface area contributed by atoms with Crippen molar-refractivity contribution in [2.45, 2.75) is 6.92 Å². The standard InChI is InChI=1S/C21H15N2O.2C16H13N2O.C15H11N2O.4Ir/c1-3-8-17(9-4-1)18-10-7-11-19(16-18)23-21(14-15-22-23)24-20-12-5-2-6-13-20;1-13-11-12-18(17-13)15-9-5-6-10-16(15)19-14-7-3-2-4-8-14;1-19-16-10-11-17-18(16)15-9-5-8-14(12-15)13-6-3-2-4-7-13;1-2-5-14(6-3-1)18-15-9-7-13(8-10-15)17-12-4-11-16-17;;;;/h1-10,12-16H;2*2-8,10-12H,1H3;1-7,9-12H;;;;/q4*-1;;;;. The van der Waals surface area contributed by atoms with E-state index < -0.39 is 0 Å². The second-order valence-electron chi connectivity index (χ2n) is 17.4. The summed E-state index contributed by atoms with van der Waals surface area (Å²) in [6.07, 6.45) is 8.95. The summed E-state index contributed by atoms with van der Waals surface area (Å²) in [7, 11) is 1.63. The zero-order chi connectivity index (χ0) is 54.6. The van der Waals surface area contributed by atoms with E-state index in [4.69, 9.17) is 18.9 Å². The molecule has 16 heteroatoms. The van der Waals surface area contributed by atoms with Crippen LogP contribution in [0.5, 0.6) is 40.5 Å². The Morgan fingerprint density at radius 2 is 0.893 bits per heavy atom. The average Bonchev–Trinajstić information content (AvgIpc) is 4.55. The molecule has 0 spiro atoms. The first-order valence-corrected chi connectivity index (χ1v) is 25.5. The fraction of sp³-hybridized carbons (Fsp3) is 0.0294. The monoisotopic (exact) mass is 1820 g/mol. The summed E-state index contributed by atoms with van der Waals surface area (Å²) in [6, 6.07) is 93.0. The fourth-order valence-electron chi connectivity index (χ4n) is 8.03. The van der Waals surface area contributed by atoms with Gasteiger partial charge in [0.15, 0.2) is 0 Å². The van der Waals surface area contributed by atoms with Crippen molar-refractivity contribution >= 4 is 0 Å². The molecule has 4 aromatic heterocycles. The van der Waals surface area contributed by atoms with Crippen LogP contribution in [-0.4, -0.2) is 46.2 Å². The minimum Gasteiger partial charge on any atom is -0.517 e. The molecule has 0 amide bonds. The number of aromatic nitrogens is 8. The third-order valence-electron chi connectivity index (χ3n) is 11.9. The van der Waals surface area contributed by atoms with Crippen LogP contribution in [0.4, 0.5) is 0 Å². The second-order valence-corrected chi connectivity index (χ2v) is 17.4. The minimum absolute atomic E-state index is 0. The maximum absolute atomic E-state index is 5.93. The number of ether oxygens (including phenoxy) is 4. The van der Waals surface area contributed by atoms with E-state index in [0.717, 1.165) is 73.9 Å². The average molecular weight is 1810 g/mol. The molecule has 0 saturated heterocycles. The Bertz CT molecular complexity index is 3930. The van der Waals surface area contributed by atoms with Crippen molar-refractivity contribution in [2.24, 2.45) is 0 Å². The molecule has 0 aliphatic rings. The van der Waals surface area contributed by atoms with Crippen molar-refractivity contribution < 1.29 is 99.4 Å². The van der Waals surface area contributed by atoms with Gasteiger partial charge in [-0.2, -0.15) is 81.1 Å². The summed E-state index contributed by atoms with van der Waals surface area (Å²) in [4.78, 5) is 0. The Hall–Kier alpha value is -8.38. The molecule has 4 heterocycles. The minimum atomic E-state index is 0. The maximum Gasteiger partial charge on any atom is 0.220 e. The van der Waals surface area contributed by atoms with Gasteiger partial charge in [0.1, 0.15) is 17.2 Å². The molecule has 0 N–H and O–H groups in total. The Morgan fingerprint density at radius 1 is 0.369 bits per heavy atom. The van der Waals surface area contributed by atoms with E-state index in [9.17, 15) is 0 Å². The van der Waals surface area contributed by atoms with Gasteiger partial charge in [0, 0.05) is 123 Å². The van der Waals surface area contributed by atoms with Gasteiger partial charge in [-0.15, -0.1) is 47.5 Å². The first-order chi connectivity index (χ1) is 39.5. The third kappa shape index (κ3) is 18.1. The molecular weight excluding hydrogens is 1760 g/mol. The van der Waals surface area contributed by atoms with E-state index in [2.05, 4.69) is 75.0 Å². The number of hydrogen-bond acceptors (Lipinski definition) is 8. The van der Waals surface area contributed by atoms with Gasteiger partial charge in [-0.05, 0) is 89.3 Å². The van der Waals surface area contributed by atoms with Crippen molar-refractivity contribution in [3.63, 3.8) is 0 Å². The van der Waals surface area contributed by atoms with Gasteiger partial charge in [0.2, 0.25) is 11.8 Å². The maximum atomic E-state index is 5.93. The summed E-state index contributed by atoms with van der Waals surface area (Å²) >= 11 is 0. The Balaban J connectivity index is 0.000000178. The predicted molar refractivity (Wildman–Crippen MR) is 311 cm³/mol. The van der Waals surface area contributed by atoms with E-state index in [-0.39, 0.29) is 80.4 Å². The van der Waals surface area contributed by atoms with E-state index in [1.165, 1.54) is 5.56 Å². The smallest absolute Gasteiger partial charge is 0.220 e. The summed E-state index contributed by atoms with van der Waals surface area (Å²) in [6.45, 7) is 1.96. The first-order valence-electron chi connectivity index (χ1n) is 25.5. The van der Waals surface area contributed by atoms with Crippen LogP contribution < -0.4 is 18.9 Å². The number of methoxy groups -OCH3 is 1. The third-order valence-corrected chi connectivity index (χ3v) is 11.9. The number of rotatable bonds is 13. The van der Waals surface area contributed by atoms with Gasteiger partial charge in [-0.25, -0.2) is 9.36 Å². The van der Waals surface area contributed by atoms with Crippen LogP contribution in [0.25, 0.3) is 45.0 Å². The topological polar surface area (TPSA) is 108 Å². The normalized spacial score (nSPS) is 9.88. The number of aryl methyl sites for hydroxylation is 1. The second kappa shape index (κ2) is 33.7. The number of hydrogen-bond donors (Lipinski definition) is 0. The Kier molecular flexibility index (Phi) is 26.0. The van der Waals surface area contributed by atoms with Crippen LogP contribution in [-0.2, 0) is 80.4 Å². The van der Waals surface area contributed by atoms with Crippen LogP contribution in [0.15, 0.2) is 280 Å². The summed E-state index contributed by atoms with van der Waals surface area (Å²) in [5, 5.41) is 17.2. The molecule has 0 saturated carbocycles. The molecule has 12 nitrogen and oxygen atoms in total. The number of nitrogens with zero attached hydrogens (tertiary/aromatic N) is 8. The molecular formula is C68H52Ir4N8O4-4. The van der Waals surface area contributed by atoms with Gasteiger partial charge in [0.25, 0.3) is 0 Å². The molecule has 0 atom stereocenters. The molecule has 428 valence electrons. The molecule has 0 aliphatic carbocycles. The molecule has 0 bridgehead atoms. The quantitative estimate of drug-likeness (QED) is 0.105. The van der Waals surface area contributed by atoms with Crippen LogP contribution in [0.2, 0.25) is 0 Å². The van der Waals surface area contributed by atoms with Crippen LogP contribution >= 0.6 is 0 Å². The molecule has 4 radical (unpaired) electrons. The van der Waals surface area contributed by atoms with Crippen molar-refractivity contribution in [1.82, 2.24) is 39.1 Å². The van der Waals surface area contributed by atoms with E-state index in [1.54, 1.807) is 44.4 Å². The first kappa shape index (κ1) is 64.8. The zero-order valence-electron chi connectivity index (χ0n) is 45.1. The van der Waals surface area contributed by atoms with Gasteiger partial charge in [-0.3, -0.25) is 9.36 Å². The Morgan fingerprint density at radius 3 is 1.39 bits per heavy atom. The van der Waals surface area contributed by atoms with Crippen LogP contribution in [0.1, 0.15) is 5.69 Å². The summed E-state index contributed by atoms with van der Waals surface area (Å²) in [5.74, 6) is 5.24. The Labute approximate surface area is 543 Å². The largest absolute Gasteiger partial charge is 0.517 e. The van der Waals surface area contributed by atoms with E-state index >= 15 is 0 Å². The molecule has 13 aromatic rings. The van der Waals surface area contributed by atoms with Crippen molar-refractivity contribution in [3.05, 3.63) is 310 Å². The van der Waals surface area contributed by atoms with E-state index in [1.807, 2.05) is 238 Å². The number of benzene rings is 9. The molecule has 84 heavy (non-hydrogen) atoms. The van der Waals surface area contributed by atoms with Crippen molar-refractivity contribution in [2.75, 3.05) is 7.11 Å². The van der Waals surface area contributed by atoms with Crippen molar-refractivity contribution in [3.8, 4) is 85.5 Å². The summed E-state index contributed by atoms with van der Waals surface area (Å²) < 4.78 is 29.8. The van der Waals surface area contributed by atoms with Gasteiger partial charge < -0.3 is 18.9 Å². The zero-order valence-corrected chi connectivity index (χ0v) is 54.7. The van der Waals surface area contributed by atoms with Crippen LogP contribution in [0.3, 0.4) is 0 Å². The number of para-hydroxylation sites is 4. The van der Waals surface area contributed by atoms with Gasteiger partial charge >= 0.3 is 0 Å². The van der Waals surface area contributed by atoms with Gasteiger partial charge in [-0.1, -0.05) is 115 Å². The molecule has 13 rings (SSSR count). The molecule has 0 fully saturated rings. The SMILES string of the molecule is COc1ccnn1-c1[c-]ccc(-c2ccccc2)c1.Cc1ccn(-c2[c-]cccc2Oc2ccccc2)n1.[Ir].[Ir].[Ir].[Ir].[c-]1cc(Oc2ccccc2)ccc1-n1cccn1.[c-]1ccc(-c2ccccc2)cc1-n1nccc1Oc1ccccc1. The fourth-order valence-corrected chi connectivity index (χ4v) is 8.03. The molecule has 9 aromatic carbocycles. The van der Waals surface area contributed by atoms with Gasteiger partial charge in [0.05, 0.1) is 25.2 Å². The molecule has 0 aliphatic heterocycles. The predicted octanol–water partition coefficient (Wildman–Crippen LogP) is 15.7.